The fourth-order valence-electron chi connectivity index (χ4n) is 6.15. The minimum atomic E-state index is -0.480. The second kappa shape index (κ2) is 8.98. The second-order valence-corrected chi connectivity index (χ2v) is 10.6. The van der Waals surface area contributed by atoms with Gasteiger partial charge in [-0.2, -0.15) is 0 Å². The molecule has 0 N–H and O–H groups in total. The van der Waals surface area contributed by atoms with Gasteiger partial charge in [-0.15, -0.1) is 0 Å². The Balaban J connectivity index is 1.32. The molecule has 2 heterocycles. The lowest BCUT2D eigenvalue weighted by atomic mass is 9.67. The van der Waals surface area contributed by atoms with Crippen LogP contribution in [0.3, 0.4) is 0 Å². The van der Waals surface area contributed by atoms with Crippen LogP contribution < -0.4 is 9.47 Å². The summed E-state index contributed by atoms with van der Waals surface area (Å²) in [7, 11) is 0. The number of hydrogen-bond donors (Lipinski definition) is 0. The Morgan fingerprint density at radius 1 is 0.590 bits per heavy atom. The Labute approximate surface area is 227 Å². The van der Waals surface area contributed by atoms with Crippen LogP contribution in [0, 0.1) is 0 Å². The highest BCUT2D eigenvalue weighted by Crippen LogP contribution is 2.57. The number of epoxide rings is 2. The van der Waals surface area contributed by atoms with Crippen LogP contribution >= 0.6 is 0 Å². The number of hydrogen-bond acceptors (Lipinski definition) is 4. The zero-order chi connectivity index (χ0) is 25.8. The second-order valence-electron chi connectivity index (χ2n) is 10.6. The number of rotatable bonds is 8. The molecule has 0 aromatic heterocycles. The van der Waals surface area contributed by atoms with Crippen LogP contribution in [0.5, 0.6) is 11.5 Å². The Morgan fingerprint density at radius 2 is 1.15 bits per heavy atom. The van der Waals surface area contributed by atoms with Gasteiger partial charge in [0, 0.05) is 0 Å². The summed E-state index contributed by atoms with van der Waals surface area (Å²) in [6, 6.07) is 39.4. The van der Waals surface area contributed by atoms with Crippen molar-refractivity contribution in [1.82, 2.24) is 0 Å². The van der Waals surface area contributed by atoms with E-state index >= 15 is 0 Å². The van der Waals surface area contributed by atoms with Gasteiger partial charge in [0.05, 0.1) is 18.6 Å². The van der Waals surface area contributed by atoms with Crippen molar-refractivity contribution in [3.8, 4) is 22.6 Å². The Kier molecular flexibility index (Phi) is 5.25. The van der Waals surface area contributed by atoms with E-state index in [9.17, 15) is 0 Å². The molecule has 3 aliphatic rings. The first-order valence-electron chi connectivity index (χ1n) is 13.6. The van der Waals surface area contributed by atoms with Gasteiger partial charge >= 0.3 is 0 Å². The van der Waals surface area contributed by atoms with E-state index in [1.165, 1.54) is 44.2 Å². The Bertz CT molecular complexity index is 1600. The Morgan fingerprint density at radius 3 is 1.77 bits per heavy atom. The lowest BCUT2D eigenvalue weighted by molar-refractivity contribution is 0.263. The molecule has 39 heavy (non-hydrogen) atoms. The highest BCUT2D eigenvalue weighted by Gasteiger charge is 2.46. The molecule has 5 aromatic rings. The molecule has 2 aliphatic heterocycles. The first-order valence-corrected chi connectivity index (χ1v) is 13.6. The Hall–Kier alpha value is -4.12. The molecule has 2 saturated heterocycles. The molecule has 1 aliphatic carbocycles. The molecule has 0 radical (unpaired) electrons. The molecule has 0 spiro atoms. The van der Waals surface area contributed by atoms with Gasteiger partial charge < -0.3 is 18.9 Å². The number of ether oxygens (including phenoxy) is 4. The molecule has 5 aromatic carbocycles. The summed E-state index contributed by atoms with van der Waals surface area (Å²) in [4.78, 5) is 0. The summed E-state index contributed by atoms with van der Waals surface area (Å²) in [5.74, 6) is 1.72. The van der Waals surface area contributed by atoms with Crippen molar-refractivity contribution < 1.29 is 18.9 Å². The van der Waals surface area contributed by atoms with Crippen molar-refractivity contribution in [3.63, 3.8) is 0 Å². The van der Waals surface area contributed by atoms with Crippen molar-refractivity contribution in [1.29, 1.82) is 0 Å². The molecule has 2 atom stereocenters. The van der Waals surface area contributed by atoms with Gasteiger partial charge in [-0.1, -0.05) is 84.9 Å². The monoisotopic (exact) mass is 512 g/mol. The quantitative estimate of drug-likeness (QED) is 0.211. The van der Waals surface area contributed by atoms with Crippen LogP contribution in [0.4, 0.5) is 0 Å². The van der Waals surface area contributed by atoms with Gasteiger partial charge in [0.2, 0.25) is 0 Å². The van der Waals surface area contributed by atoms with E-state index in [-0.39, 0.29) is 12.2 Å². The van der Waals surface area contributed by atoms with Crippen LogP contribution in [-0.4, -0.2) is 38.6 Å². The van der Waals surface area contributed by atoms with Gasteiger partial charge in [0.1, 0.15) is 36.9 Å². The predicted octanol–water partition coefficient (Wildman–Crippen LogP) is 6.76. The van der Waals surface area contributed by atoms with Crippen molar-refractivity contribution >= 4 is 10.8 Å². The molecule has 0 bridgehead atoms. The minimum Gasteiger partial charge on any atom is -0.491 e. The highest BCUT2D eigenvalue weighted by atomic mass is 16.6. The van der Waals surface area contributed by atoms with E-state index in [1.807, 2.05) is 0 Å². The maximum absolute atomic E-state index is 6.00. The third kappa shape index (κ3) is 3.82. The summed E-state index contributed by atoms with van der Waals surface area (Å²) < 4.78 is 22.6. The zero-order valence-electron chi connectivity index (χ0n) is 21.5. The smallest absolute Gasteiger partial charge is 0.119 e. The third-order valence-electron chi connectivity index (χ3n) is 8.18. The van der Waals surface area contributed by atoms with E-state index < -0.39 is 5.41 Å². The molecule has 8 rings (SSSR count). The summed E-state index contributed by atoms with van der Waals surface area (Å²) in [5.41, 5.74) is 7.10. The molecular formula is C35H28O4. The van der Waals surface area contributed by atoms with E-state index in [0.717, 1.165) is 24.7 Å². The first kappa shape index (κ1) is 22.8. The SMILES string of the molecule is c1ccc2c(c1)-c1c(ccc3ccccc13)C2(c1ccc(OCC2CO2)cc1)c1ccc(OCC2CO2)cc1. The van der Waals surface area contributed by atoms with Gasteiger partial charge in [0.25, 0.3) is 0 Å². The van der Waals surface area contributed by atoms with Crippen molar-refractivity contribution in [3.05, 3.63) is 131 Å². The molecule has 4 heteroatoms. The highest BCUT2D eigenvalue weighted by molar-refractivity contribution is 6.04. The third-order valence-corrected chi connectivity index (χ3v) is 8.18. The summed E-state index contributed by atoms with van der Waals surface area (Å²) >= 11 is 0. The van der Waals surface area contributed by atoms with Crippen LogP contribution in [0.25, 0.3) is 21.9 Å². The lowest BCUT2D eigenvalue weighted by Crippen LogP contribution is -2.28. The van der Waals surface area contributed by atoms with Gasteiger partial charge in [-0.25, -0.2) is 0 Å². The van der Waals surface area contributed by atoms with Crippen LogP contribution in [0.2, 0.25) is 0 Å². The summed E-state index contributed by atoms with van der Waals surface area (Å²) in [6.07, 6.45) is 0.454. The van der Waals surface area contributed by atoms with Gasteiger partial charge in [-0.3, -0.25) is 0 Å². The number of fused-ring (bicyclic) bond motifs is 5. The first-order chi connectivity index (χ1) is 19.3. The van der Waals surface area contributed by atoms with E-state index in [1.54, 1.807) is 0 Å². The molecule has 192 valence electrons. The average molecular weight is 513 g/mol. The van der Waals surface area contributed by atoms with E-state index in [0.29, 0.717) is 13.2 Å². The zero-order valence-corrected chi connectivity index (χ0v) is 21.5. The molecule has 0 amide bonds. The van der Waals surface area contributed by atoms with E-state index in [2.05, 4.69) is 109 Å². The standard InChI is InChI=1S/C35H28O4/c1-2-6-30-23(5-1)9-18-33-34(30)31-7-3-4-8-32(31)35(33,24-10-14-26(15-11-24)36-19-28-21-38-28)25-12-16-27(17-13-25)37-20-29-22-39-29/h1-18,28-29H,19-22H2. The van der Waals surface area contributed by atoms with Crippen molar-refractivity contribution in [2.24, 2.45) is 0 Å². The fourth-order valence-corrected chi connectivity index (χ4v) is 6.15. The van der Waals surface area contributed by atoms with Crippen LogP contribution in [0.15, 0.2) is 109 Å². The summed E-state index contributed by atoms with van der Waals surface area (Å²) in [5, 5.41) is 2.53. The average Bonchev–Trinajstić information content (AvgIpc) is 3.93. The minimum absolute atomic E-state index is 0.227. The maximum Gasteiger partial charge on any atom is 0.119 e. The van der Waals surface area contributed by atoms with Gasteiger partial charge in [-0.05, 0) is 68.4 Å². The predicted molar refractivity (Wildman–Crippen MR) is 152 cm³/mol. The largest absolute Gasteiger partial charge is 0.491 e. The molecule has 4 nitrogen and oxygen atoms in total. The fraction of sp³-hybridized carbons (Fsp3) is 0.200. The van der Waals surface area contributed by atoms with Gasteiger partial charge in [0.15, 0.2) is 0 Å². The van der Waals surface area contributed by atoms with Crippen LogP contribution in [0.1, 0.15) is 22.3 Å². The normalized spacial score (nSPS) is 22.3. The molecule has 2 unspecified atom stereocenters. The molecular weight excluding hydrogens is 484 g/mol. The summed E-state index contributed by atoms with van der Waals surface area (Å²) in [6.45, 7) is 2.76. The van der Waals surface area contributed by atoms with Crippen molar-refractivity contribution in [2.75, 3.05) is 26.4 Å². The number of benzene rings is 5. The van der Waals surface area contributed by atoms with E-state index in [4.69, 9.17) is 18.9 Å². The maximum atomic E-state index is 6.00. The molecule has 2 fully saturated rings. The topological polar surface area (TPSA) is 43.5 Å². The lowest BCUT2D eigenvalue weighted by Gasteiger charge is -2.34. The molecule has 0 saturated carbocycles. The van der Waals surface area contributed by atoms with Crippen LogP contribution in [-0.2, 0) is 14.9 Å². The van der Waals surface area contributed by atoms with Crippen molar-refractivity contribution in [2.45, 2.75) is 17.6 Å².